The molecule has 1 aromatic carbocycles. The summed E-state index contributed by atoms with van der Waals surface area (Å²) in [6, 6.07) is 6.16. The Morgan fingerprint density at radius 3 is 2.58 bits per heavy atom. The van der Waals surface area contributed by atoms with E-state index in [4.69, 9.17) is 16.3 Å². The number of benzene rings is 1. The average Bonchev–Trinajstić information content (AvgIpc) is 2.62. The summed E-state index contributed by atoms with van der Waals surface area (Å²) in [5.41, 5.74) is 0. The lowest BCUT2D eigenvalue weighted by atomic mass is 10.4. The van der Waals surface area contributed by atoms with Crippen LogP contribution < -0.4 is 15.4 Å². The Balaban J connectivity index is 2.22. The van der Waals surface area contributed by atoms with Crippen LogP contribution in [0.2, 0.25) is 5.02 Å². The SMILES string of the molecule is CCCCOCCCNC(=NC)NCCNS(=O)(=O)c1cccc(Cl)c1. The van der Waals surface area contributed by atoms with Gasteiger partial charge in [-0.2, -0.15) is 0 Å². The number of aliphatic imine (C=N–C) groups is 1. The fourth-order valence-electron chi connectivity index (χ4n) is 2.03. The van der Waals surface area contributed by atoms with E-state index >= 15 is 0 Å². The van der Waals surface area contributed by atoms with Gasteiger partial charge in [0.05, 0.1) is 4.90 Å². The molecular weight excluding hydrogens is 376 g/mol. The third-order valence-electron chi connectivity index (χ3n) is 3.44. The zero-order chi connectivity index (χ0) is 19.3. The van der Waals surface area contributed by atoms with Crippen LogP contribution in [0.5, 0.6) is 0 Å². The van der Waals surface area contributed by atoms with Gasteiger partial charge in [-0.25, -0.2) is 13.1 Å². The molecule has 0 bridgehead atoms. The highest BCUT2D eigenvalue weighted by atomic mass is 35.5. The smallest absolute Gasteiger partial charge is 0.240 e. The average molecular weight is 405 g/mol. The first-order valence-corrected chi connectivity index (χ1v) is 10.6. The third-order valence-corrected chi connectivity index (χ3v) is 5.13. The lowest BCUT2D eigenvalue weighted by molar-refractivity contribution is 0.129. The van der Waals surface area contributed by atoms with Gasteiger partial charge in [0.1, 0.15) is 0 Å². The molecule has 26 heavy (non-hydrogen) atoms. The van der Waals surface area contributed by atoms with Crippen molar-refractivity contribution in [2.75, 3.05) is 39.9 Å². The van der Waals surface area contributed by atoms with Crippen molar-refractivity contribution >= 4 is 27.6 Å². The molecule has 0 aliphatic carbocycles. The van der Waals surface area contributed by atoms with E-state index in [1.807, 2.05) is 0 Å². The van der Waals surface area contributed by atoms with Gasteiger partial charge in [-0.3, -0.25) is 4.99 Å². The number of rotatable bonds is 12. The Morgan fingerprint density at radius 2 is 1.88 bits per heavy atom. The molecule has 0 aliphatic heterocycles. The Kier molecular flexibility index (Phi) is 11.3. The summed E-state index contributed by atoms with van der Waals surface area (Å²) in [4.78, 5) is 4.25. The van der Waals surface area contributed by atoms with Crippen molar-refractivity contribution in [2.24, 2.45) is 4.99 Å². The predicted molar refractivity (Wildman–Crippen MR) is 106 cm³/mol. The molecule has 0 spiro atoms. The summed E-state index contributed by atoms with van der Waals surface area (Å²) < 4.78 is 32.3. The molecule has 1 rings (SSSR count). The van der Waals surface area contributed by atoms with E-state index in [0.717, 1.165) is 32.4 Å². The highest BCUT2D eigenvalue weighted by Gasteiger charge is 2.13. The Morgan fingerprint density at radius 1 is 1.15 bits per heavy atom. The highest BCUT2D eigenvalue weighted by Crippen LogP contribution is 2.14. The number of halogens is 1. The van der Waals surface area contributed by atoms with Gasteiger partial charge in [0, 0.05) is 44.9 Å². The number of hydrogen-bond acceptors (Lipinski definition) is 4. The topological polar surface area (TPSA) is 91.8 Å². The maximum atomic E-state index is 12.2. The van der Waals surface area contributed by atoms with Crippen molar-refractivity contribution in [3.8, 4) is 0 Å². The summed E-state index contributed by atoms with van der Waals surface area (Å²) in [5, 5.41) is 6.61. The standard InChI is InChI=1S/C17H29ClN4O3S/c1-3-4-12-25-13-6-9-20-17(19-2)21-10-11-22-26(23,24)16-8-5-7-15(18)14-16/h5,7-8,14,22H,3-4,6,9-13H2,1-2H3,(H2,19,20,21). The Hall–Kier alpha value is -1.35. The normalized spacial score (nSPS) is 12.2. The van der Waals surface area contributed by atoms with Gasteiger partial charge in [0.2, 0.25) is 10.0 Å². The quantitative estimate of drug-likeness (QED) is 0.281. The van der Waals surface area contributed by atoms with Crippen molar-refractivity contribution in [2.45, 2.75) is 31.1 Å². The van der Waals surface area contributed by atoms with Gasteiger partial charge in [-0.05, 0) is 31.0 Å². The van der Waals surface area contributed by atoms with E-state index in [0.29, 0.717) is 24.1 Å². The number of guanidine groups is 1. The largest absolute Gasteiger partial charge is 0.381 e. The van der Waals surface area contributed by atoms with Gasteiger partial charge >= 0.3 is 0 Å². The lowest BCUT2D eigenvalue weighted by Gasteiger charge is -2.12. The highest BCUT2D eigenvalue weighted by molar-refractivity contribution is 7.89. The van der Waals surface area contributed by atoms with Crippen LogP contribution in [0, 0.1) is 0 Å². The van der Waals surface area contributed by atoms with E-state index in [2.05, 4.69) is 27.3 Å². The maximum absolute atomic E-state index is 12.2. The van der Waals surface area contributed by atoms with Crippen molar-refractivity contribution in [1.82, 2.24) is 15.4 Å². The van der Waals surface area contributed by atoms with Gasteiger partial charge in [0.25, 0.3) is 0 Å². The van der Waals surface area contributed by atoms with Crippen molar-refractivity contribution in [1.29, 1.82) is 0 Å². The van der Waals surface area contributed by atoms with Crippen LogP contribution in [0.1, 0.15) is 26.2 Å². The number of unbranched alkanes of at least 4 members (excludes halogenated alkanes) is 1. The molecule has 0 unspecified atom stereocenters. The third kappa shape index (κ3) is 9.38. The molecule has 0 saturated carbocycles. The second-order valence-corrected chi connectivity index (χ2v) is 7.80. The second kappa shape index (κ2) is 12.9. The lowest BCUT2D eigenvalue weighted by Crippen LogP contribution is -2.42. The molecule has 1 aromatic rings. The molecule has 0 aliphatic rings. The molecule has 7 nitrogen and oxygen atoms in total. The summed E-state index contributed by atoms with van der Waals surface area (Å²) in [5.74, 6) is 0.625. The first-order valence-electron chi connectivity index (χ1n) is 8.77. The zero-order valence-electron chi connectivity index (χ0n) is 15.4. The molecule has 0 aromatic heterocycles. The van der Waals surface area contributed by atoms with Crippen LogP contribution in [-0.2, 0) is 14.8 Å². The maximum Gasteiger partial charge on any atom is 0.240 e. The van der Waals surface area contributed by atoms with E-state index < -0.39 is 10.0 Å². The van der Waals surface area contributed by atoms with Crippen LogP contribution >= 0.6 is 11.6 Å². The molecule has 0 amide bonds. The summed E-state index contributed by atoms with van der Waals surface area (Å²) in [6.07, 6.45) is 3.10. The van der Waals surface area contributed by atoms with Crippen LogP contribution in [0.25, 0.3) is 0 Å². The van der Waals surface area contributed by atoms with Gasteiger partial charge < -0.3 is 15.4 Å². The molecule has 9 heteroatoms. The van der Waals surface area contributed by atoms with Gasteiger partial charge in [0.15, 0.2) is 5.96 Å². The number of sulfonamides is 1. The number of ether oxygens (including phenoxy) is 1. The Labute approximate surface area is 161 Å². The van der Waals surface area contributed by atoms with Crippen LogP contribution in [0.3, 0.4) is 0 Å². The zero-order valence-corrected chi connectivity index (χ0v) is 17.0. The monoisotopic (exact) mass is 404 g/mol. The summed E-state index contributed by atoms with van der Waals surface area (Å²) in [7, 11) is -1.90. The first kappa shape index (κ1) is 22.7. The number of hydrogen-bond donors (Lipinski definition) is 3. The Bertz CT molecular complexity index is 653. The molecule has 0 saturated heterocycles. The van der Waals surface area contributed by atoms with E-state index in [-0.39, 0.29) is 11.4 Å². The minimum Gasteiger partial charge on any atom is -0.381 e. The van der Waals surface area contributed by atoms with Crippen LogP contribution in [0.4, 0.5) is 0 Å². The van der Waals surface area contributed by atoms with E-state index in [1.165, 1.54) is 12.1 Å². The van der Waals surface area contributed by atoms with Gasteiger partial charge in [-0.1, -0.05) is 31.0 Å². The predicted octanol–water partition coefficient (Wildman–Crippen LogP) is 1.99. The fraction of sp³-hybridized carbons (Fsp3) is 0.588. The molecule has 0 atom stereocenters. The fourth-order valence-corrected chi connectivity index (χ4v) is 3.37. The molecule has 3 N–H and O–H groups in total. The van der Waals surface area contributed by atoms with Crippen LogP contribution in [0.15, 0.2) is 34.2 Å². The second-order valence-electron chi connectivity index (χ2n) is 5.60. The first-order chi connectivity index (χ1) is 12.5. The van der Waals surface area contributed by atoms with E-state index in [9.17, 15) is 8.42 Å². The summed E-state index contributed by atoms with van der Waals surface area (Å²) >= 11 is 5.83. The molecule has 0 fully saturated rings. The molecule has 0 radical (unpaired) electrons. The van der Waals surface area contributed by atoms with Crippen molar-refractivity contribution in [3.05, 3.63) is 29.3 Å². The minimum atomic E-state index is -3.57. The van der Waals surface area contributed by atoms with Crippen LogP contribution in [-0.4, -0.2) is 54.3 Å². The van der Waals surface area contributed by atoms with Gasteiger partial charge in [-0.15, -0.1) is 0 Å². The van der Waals surface area contributed by atoms with Crippen molar-refractivity contribution < 1.29 is 13.2 Å². The molecular formula is C17H29ClN4O3S. The van der Waals surface area contributed by atoms with E-state index in [1.54, 1.807) is 19.2 Å². The molecule has 148 valence electrons. The number of nitrogens with one attached hydrogen (secondary N) is 3. The summed E-state index contributed by atoms with van der Waals surface area (Å²) in [6.45, 7) is 5.03. The minimum absolute atomic E-state index is 0.149. The molecule has 0 heterocycles. The van der Waals surface area contributed by atoms with Crippen molar-refractivity contribution in [3.63, 3.8) is 0 Å². The number of nitrogens with zero attached hydrogens (tertiary/aromatic N) is 1.